The average Bonchev–Trinajstić information content (AvgIpc) is 2.32. The molecule has 0 saturated heterocycles. The topological polar surface area (TPSA) is 43.1 Å². The van der Waals surface area contributed by atoms with Crippen molar-refractivity contribution in [1.29, 1.82) is 0 Å². The molecule has 1 amide bonds. The Morgan fingerprint density at radius 2 is 1.56 bits per heavy atom. The maximum Gasteiger partial charge on any atom is 0.244 e. The van der Waals surface area contributed by atoms with Crippen molar-refractivity contribution < 1.29 is 4.79 Å². The van der Waals surface area contributed by atoms with E-state index in [0.717, 1.165) is 0 Å². The quantitative estimate of drug-likeness (QED) is 0.425. The molecule has 0 aromatic rings. The number of hydrogen-bond donors (Lipinski definition) is 1. The highest BCUT2D eigenvalue weighted by Gasteiger charge is 2.02. The predicted octanol–water partition coefficient (Wildman–Crippen LogP) is 4.58. The summed E-state index contributed by atoms with van der Waals surface area (Å²) in [5, 5.41) is 0. The van der Waals surface area contributed by atoms with Gasteiger partial charge < -0.3 is 5.73 Å². The summed E-state index contributed by atoms with van der Waals surface area (Å²) in [7, 11) is 0. The van der Waals surface area contributed by atoms with Crippen LogP contribution in [0.2, 0.25) is 0 Å². The zero-order valence-electron chi connectivity index (χ0n) is 12.5. The highest BCUT2D eigenvalue weighted by molar-refractivity contribution is 5.91. The molecule has 2 nitrogen and oxygen atoms in total. The summed E-state index contributed by atoms with van der Waals surface area (Å²) in [6, 6.07) is 0. The van der Waals surface area contributed by atoms with Gasteiger partial charge in [0, 0.05) is 5.57 Å². The second kappa shape index (κ2) is 11.3. The van der Waals surface area contributed by atoms with E-state index in [-0.39, 0.29) is 5.91 Å². The van der Waals surface area contributed by atoms with E-state index in [0.29, 0.717) is 11.5 Å². The highest BCUT2D eigenvalue weighted by Crippen LogP contribution is 2.15. The van der Waals surface area contributed by atoms with Crippen molar-refractivity contribution in [3.8, 4) is 0 Å². The third-order valence-corrected chi connectivity index (χ3v) is 3.44. The first-order valence-electron chi connectivity index (χ1n) is 7.56. The molecule has 0 aromatic carbocycles. The van der Waals surface area contributed by atoms with Gasteiger partial charge in [0.2, 0.25) is 5.91 Å². The first-order valence-corrected chi connectivity index (χ1v) is 7.56. The van der Waals surface area contributed by atoms with E-state index in [2.05, 4.69) is 13.8 Å². The van der Waals surface area contributed by atoms with Crippen LogP contribution in [0.25, 0.3) is 0 Å². The number of unbranched alkanes of at least 4 members (excludes halogenated alkanes) is 7. The van der Waals surface area contributed by atoms with Crippen LogP contribution in [0, 0.1) is 5.92 Å². The van der Waals surface area contributed by atoms with E-state index < -0.39 is 0 Å². The van der Waals surface area contributed by atoms with Crippen LogP contribution in [-0.4, -0.2) is 5.91 Å². The normalized spacial score (nSPS) is 13.6. The molecular formula is C16H31NO. The maximum atomic E-state index is 10.9. The monoisotopic (exact) mass is 253 g/mol. The van der Waals surface area contributed by atoms with Crippen molar-refractivity contribution in [2.75, 3.05) is 0 Å². The summed E-state index contributed by atoms with van der Waals surface area (Å²) in [5.74, 6) is 0.176. The van der Waals surface area contributed by atoms with Gasteiger partial charge in [0.25, 0.3) is 0 Å². The lowest BCUT2D eigenvalue weighted by Gasteiger charge is -2.07. The second-order valence-corrected chi connectivity index (χ2v) is 5.45. The molecule has 0 radical (unpaired) electrons. The Balaban J connectivity index is 3.43. The SMILES string of the molecule is CCCCCCCCCCC(C)/C=C(/C)C(N)=O. The number of carbonyl (C=O) groups is 1. The minimum Gasteiger partial charge on any atom is -0.366 e. The molecule has 0 aliphatic rings. The average molecular weight is 253 g/mol. The van der Waals surface area contributed by atoms with Crippen LogP contribution in [0.5, 0.6) is 0 Å². The zero-order valence-corrected chi connectivity index (χ0v) is 12.5. The van der Waals surface area contributed by atoms with Gasteiger partial charge in [0.15, 0.2) is 0 Å². The van der Waals surface area contributed by atoms with Gasteiger partial charge in [-0.3, -0.25) is 4.79 Å². The van der Waals surface area contributed by atoms with Crippen LogP contribution >= 0.6 is 0 Å². The molecule has 0 aliphatic carbocycles. The number of hydrogen-bond acceptors (Lipinski definition) is 1. The Kier molecular flexibility index (Phi) is 10.8. The van der Waals surface area contributed by atoms with E-state index >= 15 is 0 Å². The van der Waals surface area contributed by atoms with E-state index in [1.807, 2.05) is 6.08 Å². The predicted molar refractivity (Wildman–Crippen MR) is 79.3 cm³/mol. The van der Waals surface area contributed by atoms with E-state index in [4.69, 9.17) is 5.73 Å². The van der Waals surface area contributed by atoms with Crippen LogP contribution in [-0.2, 0) is 4.79 Å². The van der Waals surface area contributed by atoms with Gasteiger partial charge in [0.1, 0.15) is 0 Å². The molecule has 0 fully saturated rings. The van der Waals surface area contributed by atoms with E-state index in [1.54, 1.807) is 6.92 Å². The smallest absolute Gasteiger partial charge is 0.244 e. The molecule has 0 aliphatic heterocycles. The Morgan fingerprint density at radius 1 is 1.06 bits per heavy atom. The van der Waals surface area contributed by atoms with Crippen LogP contribution in [0.15, 0.2) is 11.6 Å². The first-order chi connectivity index (χ1) is 8.57. The van der Waals surface area contributed by atoms with Crippen LogP contribution in [0.3, 0.4) is 0 Å². The summed E-state index contributed by atoms with van der Waals surface area (Å²) < 4.78 is 0. The molecule has 106 valence electrons. The lowest BCUT2D eigenvalue weighted by Crippen LogP contribution is -2.12. The molecule has 1 atom stereocenters. The Labute approximate surface area is 113 Å². The Morgan fingerprint density at radius 3 is 2.06 bits per heavy atom. The summed E-state index contributed by atoms with van der Waals surface area (Å²) in [6.07, 6.45) is 14.0. The van der Waals surface area contributed by atoms with Gasteiger partial charge in [0.05, 0.1) is 0 Å². The third-order valence-electron chi connectivity index (χ3n) is 3.44. The molecule has 0 aromatic heterocycles. The van der Waals surface area contributed by atoms with Gasteiger partial charge in [-0.05, 0) is 19.3 Å². The number of amides is 1. The fourth-order valence-corrected chi connectivity index (χ4v) is 2.19. The molecular weight excluding hydrogens is 222 g/mol. The number of carbonyl (C=O) groups excluding carboxylic acids is 1. The van der Waals surface area contributed by atoms with Crippen LogP contribution < -0.4 is 5.73 Å². The standard InChI is InChI=1S/C16H31NO/c1-4-5-6-7-8-9-10-11-12-14(2)13-15(3)16(17)18/h13-14H,4-12H2,1-3H3,(H2,17,18)/b15-13-. The molecule has 18 heavy (non-hydrogen) atoms. The minimum absolute atomic E-state index is 0.294. The van der Waals surface area contributed by atoms with E-state index in [1.165, 1.54) is 57.8 Å². The zero-order chi connectivity index (χ0) is 13.8. The molecule has 2 heteroatoms. The van der Waals surface area contributed by atoms with Gasteiger partial charge >= 0.3 is 0 Å². The van der Waals surface area contributed by atoms with Gasteiger partial charge in [-0.15, -0.1) is 0 Å². The lowest BCUT2D eigenvalue weighted by atomic mass is 9.99. The number of primary amides is 1. The van der Waals surface area contributed by atoms with Crippen LogP contribution in [0.1, 0.15) is 78.6 Å². The van der Waals surface area contributed by atoms with Gasteiger partial charge in [-0.1, -0.05) is 71.3 Å². The van der Waals surface area contributed by atoms with Gasteiger partial charge in [-0.25, -0.2) is 0 Å². The van der Waals surface area contributed by atoms with Crippen molar-refractivity contribution in [2.45, 2.75) is 78.6 Å². The Bertz CT molecular complexity index is 245. The third kappa shape index (κ3) is 10.4. The highest BCUT2D eigenvalue weighted by atomic mass is 16.1. The summed E-state index contributed by atoms with van der Waals surface area (Å²) in [5.41, 5.74) is 5.91. The first kappa shape index (κ1) is 17.2. The van der Waals surface area contributed by atoms with Crippen molar-refractivity contribution in [3.05, 3.63) is 11.6 Å². The largest absolute Gasteiger partial charge is 0.366 e. The molecule has 2 N–H and O–H groups in total. The lowest BCUT2D eigenvalue weighted by molar-refractivity contribution is -0.114. The van der Waals surface area contributed by atoms with Gasteiger partial charge in [-0.2, -0.15) is 0 Å². The fourth-order valence-electron chi connectivity index (χ4n) is 2.19. The van der Waals surface area contributed by atoms with Crippen molar-refractivity contribution in [3.63, 3.8) is 0 Å². The summed E-state index contributed by atoms with van der Waals surface area (Å²) in [6.45, 7) is 6.21. The number of rotatable bonds is 11. The van der Waals surface area contributed by atoms with E-state index in [9.17, 15) is 4.79 Å². The number of allylic oxidation sites excluding steroid dienone is 1. The summed E-state index contributed by atoms with van der Waals surface area (Å²) in [4.78, 5) is 10.9. The van der Waals surface area contributed by atoms with Crippen molar-refractivity contribution >= 4 is 5.91 Å². The number of nitrogens with two attached hydrogens (primary N) is 1. The molecule has 0 spiro atoms. The van der Waals surface area contributed by atoms with Crippen LogP contribution in [0.4, 0.5) is 0 Å². The molecule has 0 heterocycles. The molecule has 1 unspecified atom stereocenters. The molecule has 0 bridgehead atoms. The van der Waals surface area contributed by atoms with Crippen molar-refractivity contribution in [1.82, 2.24) is 0 Å². The fraction of sp³-hybridized carbons (Fsp3) is 0.812. The second-order valence-electron chi connectivity index (χ2n) is 5.45. The Hall–Kier alpha value is -0.790. The maximum absolute atomic E-state index is 10.9. The summed E-state index contributed by atoms with van der Waals surface area (Å²) >= 11 is 0. The minimum atomic E-state index is -0.294. The molecule has 0 rings (SSSR count). The molecule has 0 saturated carbocycles. The van der Waals surface area contributed by atoms with Crippen molar-refractivity contribution in [2.24, 2.45) is 11.7 Å².